The predicted molar refractivity (Wildman–Crippen MR) is 173 cm³/mol. The van der Waals surface area contributed by atoms with Gasteiger partial charge in [-0.05, 0) is 55.9 Å². The monoisotopic (exact) mass is 668 g/mol. The van der Waals surface area contributed by atoms with E-state index in [9.17, 15) is 18.4 Å². The van der Waals surface area contributed by atoms with Crippen LogP contribution in [-0.4, -0.2) is 107 Å². The van der Waals surface area contributed by atoms with E-state index >= 15 is 0 Å². The van der Waals surface area contributed by atoms with E-state index in [1.807, 2.05) is 4.90 Å². The molecule has 0 unspecified atom stereocenters. The van der Waals surface area contributed by atoms with Crippen molar-refractivity contribution in [1.29, 1.82) is 0 Å². The largest absolute Gasteiger partial charge is 0.434 e. The lowest BCUT2D eigenvalue weighted by Gasteiger charge is -2.37. The van der Waals surface area contributed by atoms with Crippen molar-refractivity contribution in [2.45, 2.75) is 49.0 Å². The molecule has 2 amide bonds. The lowest BCUT2D eigenvalue weighted by molar-refractivity contribution is -0.133. The van der Waals surface area contributed by atoms with E-state index < -0.39 is 12.5 Å². The number of halogens is 2. The Morgan fingerprint density at radius 2 is 1.94 bits per heavy atom. The average Bonchev–Trinajstić information content (AvgIpc) is 3.64. The van der Waals surface area contributed by atoms with Gasteiger partial charge in [0.2, 0.25) is 5.91 Å². The molecule has 1 saturated carbocycles. The molecule has 12 nitrogen and oxygen atoms in total. The fourth-order valence-electron chi connectivity index (χ4n) is 6.19. The van der Waals surface area contributed by atoms with Crippen LogP contribution in [0.2, 0.25) is 0 Å². The zero-order valence-corrected chi connectivity index (χ0v) is 26.8. The van der Waals surface area contributed by atoms with Crippen LogP contribution in [0.15, 0.2) is 58.0 Å². The highest BCUT2D eigenvalue weighted by Crippen LogP contribution is 2.43. The van der Waals surface area contributed by atoms with E-state index in [2.05, 4.69) is 25.7 Å². The van der Waals surface area contributed by atoms with E-state index in [1.54, 1.807) is 53.6 Å². The average molecular weight is 669 g/mol. The maximum absolute atomic E-state index is 13.6. The Bertz CT molecular complexity index is 1580. The molecule has 7 rings (SSSR count). The van der Waals surface area contributed by atoms with Crippen molar-refractivity contribution < 1.29 is 27.8 Å². The predicted octanol–water partition coefficient (Wildman–Crippen LogP) is 3.55. The highest BCUT2D eigenvalue weighted by Gasteiger charge is 2.30. The molecule has 3 fully saturated rings. The molecule has 5 aliphatic rings. The smallest absolute Gasteiger partial charge is 0.387 e. The number of ether oxygens (including phenoxy) is 2. The number of amides is 2. The van der Waals surface area contributed by atoms with Crippen molar-refractivity contribution in [2.24, 2.45) is 10.9 Å². The lowest BCUT2D eigenvalue weighted by Crippen LogP contribution is -2.50. The second-order valence-corrected chi connectivity index (χ2v) is 13.6. The number of nitrogens with zero attached hydrogens (tertiary/aromatic N) is 6. The third kappa shape index (κ3) is 7.69. The first-order valence-electron chi connectivity index (χ1n) is 16.1. The molecule has 2 saturated heterocycles. The van der Waals surface area contributed by atoms with Crippen molar-refractivity contribution in [2.75, 3.05) is 57.8 Å². The molecule has 0 spiro atoms. The summed E-state index contributed by atoms with van der Waals surface area (Å²) in [5.74, 6) is 0.507. The fourth-order valence-corrected chi connectivity index (χ4v) is 7.28. The second kappa shape index (κ2) is 14.1. The van der Waals surface area contributed by atoms with Gasteiger partial charge in [-0.2, -0.15) is 13.9 Å². The molecule has 250 valence electrons. The number of hydrazine groups is 1. The number of allylic oxidation sites excluding steroid dienone is 1. The number of thioether (sulfide) groups is 1. The first-order chi connectivity index (χ1) is 22.9. The van der Waals surface area contributed by atoms with Gasteiger partial charge in [-0.25, -0.2) is 10.4 Å². The Labute approximate surface area is 275 Å². The molecular weight excluding hydrogens is 630 g/mol. The summed E-state index contributed by atoms with van der Waals surface area (Å²) >= 11 is 1.67. The second-order valence-electron chi connectivity index (χ2n) is 12.3. The first kappa shape index (κ1) is 31.8. The van der Waals surface area contributed by atoms with Crippen LogP contribution < -0.4 is 15.5 Å². The SMILES string of the molecule is O=C(Nc1cn(CC(=O)N2CCN(CC3CCOCC3)CC2)nc1-c1cc(SC2CC2)ccc1OC(F)F)C1=C2N=CC=CN2NC1. The van der Waals surface area contributed by atoms with Crippen molar-refractivity contribution in [3.63, 3.8) is 0 Å². The Hall–Kier alpha value is -3.79. The Kier molecular flexibility index (Phi) is 9.56. The van der Waals surface area contributed by atoms with Crippen molar-refractivity contribution in [3.8, 4) is 17.0 Å². The fraction of sp³-hybridized carbons (Fsp3) is 0.500. The summed E-state index contributed by atoms with van der Waals surface area (Å²) in [4.78, 5) is 36.5. The van der Waals surface area contributed by atoms with Crippen molar-refractivity contribution in [3.05, 3.63) is 48.1 Å². The van der Waals surface area contributed by atoms with E-state index in [4.69, 9.17) is 9.47 Å². The van der Waals surface area contributed by atoms with Crippen LogP contribution in [0.1, 0.15) is 25.7 Å². The normalized spacial score (nSPS) is 20.3. The number of nitrogens with one attached hydrogen (secondary N) is 2. The van der Waals surface area contributed by atoms with Gasteiger partial charge in [-0.1, -0.05) is 0 Å². The number of alkyl halides is 2. The number of rotatable bonds is 11. The maximum atomic E-state index is 13.6. The van der Waals surface area contributed by atoms with Gasteiger partial charge in [0, 0.05) is 86.8 Å². The summed E-state index contributed by atoms with van der Waals surface area (Å²) in [5, 5.41) is 9.75. The van der Waals surface area contributed by atoms with Gasteiger partial charge in [0.05, 0.1) is 11.3 Å². The van der Waals surface area contributed by atoms with Crippen LogP contribution >= 0.6 is 11.8 Å². The number of hydrogen-bond donors (Lipinski definition) is 2. The number of carbonyl (C=O) groups excluding carboxylic acids is 2. The molecule has 0 bridgehead atoms. The number of anilines is 1. The molecule has 1 aromatic carbocycles. The number of piperazine rings is 1. The number of benzene rings is 1. The molecular formula is C32H38F2N8O4S. The minimum atomic E-state index is -3.05. The molecule has 2 N–H and O–H groups in total. The van der Waals surface area contributed by atoms with E-state index in [0.29, 0.717) is 41.2 Å². The van der Waals surface area contributed by atoms with Crippen LogP contribution in [-0.2, 0) is 20.9 Å². The van der Waals surface area contributed by atoms with Crippen LogP contribution in [0.5, 0.6) is 5.75 Å². The van der Waals surface area contributed by atoms with Crippen LogP contribution in [0, 0.1) is 5.92 Å². The van der Waals surface area contributed by atoms with E-state index in [0.717, 1.165) is 63.4 Å². The summed E-state index contributed by atoms with van der Waals surface area (Å²) in [6.45, 7) is 2.61. The minimum absolute atomic E-state index is 0.0642. The molecule has 1 aromatic heterocycles. The standard InChI is InChI=1S/C32H38F2N8O4S/c33-32(34)46-27-5-4-23(47-22-2-3-22)16-24(27)29-26(37-31(44)25-17-36-42-9-1-8-35-30(25)42)19-41(38-29)20-28(43)40-12-10-39(11-13-40)18-21-6-14-45-15-7-21/h1,4-5,8-9,16,19,21-22,32,36H,2-3,6-7,10-15,17-18,20H2,(H,37,44). The number of hydrogen-bond acceptors (Lipinski definition) is 10. The topological polar surface area (TPSA) is 117 Å². The van der Waals surface area contributed by atoms with E-state index in [1.165, 1.54) is 10.7 Å². The van der Waals surface area contributed by atoms with Gasteiger partial charge in [0.1, 0.15) is 18.0 Å². The van der Waals surface area contributed by atoms with Crippen LogP contribution in [0.4, 0.5) is 14.5 Å². The van der Waals surface area contributed by atoms with Gasteiger partial charge in [-0.3, -0.25) is 24.2 Å². The molecule has 0 atom stereocenters. The first-order valence-corrected chi connectivity index (χ1v) is 17.0. The molecule has 47 heavy (non-hydrogen) atoms. The molecule has 2 aromatic rings. The highest BCUT2D eigenvalue weighted by atomic mass is 32.2. The van der Waals surface area contributed by atoms with Crippen LogP contribution in [0.3, 0.4) is 0 Å². The number of fused-ring (bicyclic) bond motifs is 1. The summed E-state index contributed by atoms with van der Waals surface area (Å²) in [6, 6.07) is 5.03. The van der Waals surface area contributed by atoms with Crippen molar-refractivity contribution >= 4 is 35.5 Å². The Balaban J connectivity index is 1.12. The Morgan fingerprint density at radius 1 is 1.13 bits per heavy atom. The third-order valence-corrected chi connectivity index (χ3v) is 10.2. The van der Waals surface area contributed by atoms with Gasteiger partial charge < -0.3 is 19.7 Å². The number of carbonyl (C=O) groups is 2. The van der Waals surface area contributed by atoms with Gasteiger partial charge >= 0.3 is 6.61 Å². The van der Waals surface area contributed by atoms with Crippen molar-refractivity contribution in [1.82, 2.24) is 30.0 Å². The van der Waals surface area contributed by atoms with Gasteiger partial charge in [-0.15, -0.1) is 11.8 Å². The molecule has 15 heteroatoms. The molecule has 4 aliphatic heterocycles. The number of aromatic nitrogens is 2. The Morgan fingerprint density at radius 3 is 2.70 bits per heavy atom. The maximum Gasteiger partial charge on any atom is 0.387 e. The number of aliphatic imine (C=N–C) groups is 1. The molecule has 5 heterocycles. The summed E-state index contributed by atoms with van der Waals surface area (Å²) < 4.78 is 38.9. The van der Waals surface area contributed by atoms with Gasteiger partial charge in [0.25, 0.3) is 5.91 Å². The quantitative estimate of drug-likeness (QED) is 0.371. The zero-order chi connectivity index (χ0) is 32.3. The van der Waals surface area contributed by atoms with Gasteiger partial charge in [0.15, 0.2) is 5.82 Å². The lowest BCUT2D eigenvalue weighted by atomic mass is 9.99. The summed E-state index contributed by atoms with van der Waals surface area (Å²) in [6.07, 6.45) is 11.0. The zero-order valence-electron chi connectivity index (χ0n) is 25.9. The summed E-state index contributed by atoms with van der Waals surface area (Å²) in [7, 11) is 0. The minimum Gasteiger partial charge on any atom is -0.434 e. The van der Waals surface area contributed by atoms with Crippen LogP contribution in [0.25, 0.3) is 11.3 Å². The molecule has 0 radical (unpaired) electrons. The highest BCUT2D eigenvalue weighted by molar-refractivity contribution is 8.00. The summed E-state index contributed by atoms with van der Waals surface area (Å²) in [5.41, 5.74) is 4.31. The van der Waals surface area contributed by atoms with E-state index in [-0.39, 0.29) is 36.1 Å². The third-order valence-electron chi connectivity index (χ3n) is 8.86. The molecule has 1 aliphatic carbocycles.